The number of nitrogens with one attached hydrogen (secondary N) is 1. The lowest BCUT2D eigenvalue weighted by molar-refractivity contribution is 0.631. The molecule has 1 nitrogen and oxygen atoms in total. The van der Waals surface area contributed by atoms with Crippen molar-refractivity contribution >= 4 is 40.5 Å². The second kappa shape index (κ2) is 5.44. The fourth-order valence-corrected chi connectivity index (χ4v) is 1.15. The van der Waals surface area contributed by atoms with Gasteiger partial charge >= 0.3 is 0 Å². The Hall–Kier alpha value is -0.440. The van der Waals surface area contributed by atoms with E-state index in [2.05, 4.69) is 5.32 Å². The van der Waals surface area contributed by atoms with Gasteiger partial charge in [-0.05, 0) is 18.2 Å². The number of hydrogen-bond acceptors (Lipinski definition) is 1. The van der Waals surface area contributed by atoms with E-state index in [0.717, 1.165) is 0 Å². The highest BCUT2D eigenvalue weighted by Gasteiger charge is 2.02. The molecule has 0 aromatic heterocycles. The minimum absolute atomic E-state index is 0.281. The van der Waals surface area contributed by atoms with Gasteiger partial charge in [-0.1, -0.05) is 34.8 Å². The largest absolute Gasteiger partial charge is 0.378 e. The van der Waals surface area contributed by atoms with Crippen LogP contribution in [0.15, 0.2) is 28.8 Å². The first-order valence-corrected chi connectivity index (χ1v) is 4.96. The summed E-state index contributed by atoms with van der Waals surface area (Å²) in [5.74, 6) is -0.420. The number of hydrogen-bond donors (Lipinski definition) is 1. The SMILES string of the molecule is Fc1cc(Cl)ccc1NC/C(Cl)=C/Cl. The lowest BCUT2D eigenvalue weighted by atomic mass is 10.3. The van der Waals surface area contributed by atoms with Gasteiger partial charge in [-0.25, -0.2) is 4.39 Å². The van der Waals surface area contributed by atoms with Crippen molar-refractivity contribution < 1.29 is 4.39 Å². The zero-order chi connectivity index (χ0) is 10.6. The summed E-state index contributed by atoms with van der Waals surface area (Å²) in [5.41, 5.74) is 1.56. The van der Waals surface area contributed by atoms with Crippen molar-refractivity contribution in [2.75, 3.05) is 11.9 Å². The maximum atomic E-state index is 13.2. The minimum atomic E-state index is -0.420. The van der Waals surface area contributed by atoms with Crippen LogP contribution in [0.5, 0.6) is 0 Å². The van der Waals surface area contributed by atoms with Crippen molar-refractivity contribution in [1.82, 2.24) is 0 Å². The highest BCUT2D eigenvalue weighted by molar-refractivity contribution is 6.36. The lowest BCUT2D eigenvalue weighted by Crippen LogP contribution is -2.02. The zero-order valence-corrected chi connectivity index (χ0v) is 9.30. The Morgan fingerprint density at radius 1 is 1.50 bits per heavy atom. The van der Waals surface area contributed by atoms with Gasteiger partial charge in [0, 0.05) is 15.6 Å². The first-order chi connectivity index (χ1) is 6.63. The number of benzene rings is 1. The van der Waals surface area contributed by atoms with Crippen LogP contribution in [-0.4, -0.2) is 6.54 Å². The summed E-state index contributed by atoms with van der Waals surface area (Å²) in [6, 6.07) is 4.35. The average molecular weight is 255 g/mol. The topological polar surface area (TPSA) is 12.0 Å². The quantitative estimate of drug-likeness (QED) is 0.852. The second-order valence-electron chi connectivity index (χ2n) is 2.53. The highest BCUT2D eigenvalue weighted by atomic mass is 35.5. The van der Waals surface area contributed by atoms with Gasteiger partial charge in [0.15, 0.2) is 0 Å². The molecule has 0 amide bonds. The molecule has 0 aliphatic rings. The maximum absolute atomic E-state index is 13.2. The van der Waals surface area contributed by atoms with Gasteiger partial charge in [0.2, 0.25) is 0 Å². The summed E-state index contributed by atoms with van der Waals surface area (Å²) in [5, 5.41) is 3.53. The molecule has 0 radical (unpaired) electrons. The third-order valence-electron chi connectivity index (χ3n) is 1.50. The minimum Gasteiger partial charge on any atom is -0.378 e. The molecule has 1 rings (SSSR count). The molecule has 5 heteroatoms. The molecule has 1 aromatic carbocycles. The van der Waals surface area contributed by atoms with Crippen LogP contribution in [-0.2, 0) is 0 Å². The summed E-state index contributed by atoms with van der Waals surface area (Å²) < 4.78 is 13.2. The summed E-state index contributed by atoms with van der Waals surface area (Å²) >= 11 is 16.5. The van der Waals surface area contributed by atoms with Crippen molar-refractivity contribution in [3.8, 4) is 0 Å². The van der Waals surface area contributed by atoms with Gasteiger partial charge in [-0.15, -0.1) is 0 Å². The molecule has 0 unspecified atom stereocenters. The van der Waals surface area contributed by atoms with Crippen LogP contribution >= 0.6 is 34.8 Å². The molecule has 0 spiro atoms. The third-order valence-corrected chi connectivity index (χ3v) is 2.35. The lowest BCUT2D eigenvalue weighted by Gasteiger charge is -2.06. The molecular weight excluding hydrogens is 247 g/mol. The van der Waals surface area contributed by atoms with Crippen molar-refractivity contribution in [1.29, 1.82) is 0 Å². The van der Waals surface area contributed by atoms with E-state index in [-0.39, 0.29) is 6.54 Å². The monoisotopic (exact) mass is 253 g/mol. The second-order valence-corrected chi connectivity index (χ2v) is 3.67. The van der Waals surface area contributed by atoms with Crippen LogP contribution in [0, 0.1) is 5.82 Å². The van der Waals surface area contributed by atoms with E-state index in [1.807, 2.05) is 0 Å². The van der Waals surface area contributed by atoms with E-state index in [4.69, 9.17) is 34.8 Å². The van der Waals surface area contributed by atoms with Crippen LogP contribution < -0.4 is 5.32 Å². The Kier molecular flexibility index (Phi) is 4.52. The maximum Gasteiger partial charge on any atom is 0.147 e. The van der Waals surface area contributed by atoms with Gasteiger partial charge in [0.1, 0.15) is 5.82 Å². The van der Waals surface area contributed by atoms with E-state index >= 15 is 0 Å². The molecule has 0 aliphatic heterocycles. The van der Waals surface area contributed by atoms with Gasteiger partial charge < -0.3 is 5.32 Å². The van der Waals surface area contributed by atoms with Crippen molar-refractivity contribution in [2.24, 2.45) is 0 Å². The summed E-state index contributed by atoms with van der Waals surface area (Å²) in [7, 11) is 0. The Bertz CT molecular complexity index is 352. The zero-order valence-electron chi connectivity index (χ0n) is 7.03. The van der Waals surface area contributed by atoms with E-state index in [0.29, 0.717) is 15.7 Å². The molecule has 1 aromatic rings. The van der Waals surface area contributed by atoms with E-state index in [1.54, 1.807) is 6.07 Å². The van der Waals surface area contributed by atoms with Crippen molar-refractivity contribution in [3.05, 3.63) is 39.6 Å². The molecule has 0 bridgehead atoms. The average Bonchev–Trinajstić information content (AvgIpc) is 2.16. The predicted molar refractivity (Wildman–Crippen MR) is 59.7 cm³/mol. The smallest absolute Gasteiger partial charge is 0.147 e. The first kappa shape index (κ1) is 11.6. The third kappa shape index (κ3) is 3.37. The van der Waals surface area contributed by atoms with Crippen LogP contribution in [0.4, 0.5) is 10.1 Å². The Labute approximate surface area is 96.5 Å². The molecule has 0 saturated heterocycles. The van der Waals surface area contributed by atoms with Crippen LogP contribution in [0.1, 0.15) is 0 Å². The van der Waals surface area contributed by atoms with Crippen LogP contribution in [0.2, 0.25) is 5.02 Å². The highest BCUT2D eigenvalue weighted by Crippen LogP contribution is 2.19. The molecule has 76 valence electrons. The number of anilines is 1. The molecule has 1 N–H and O–H groups in total. The summed E-state index contributed by atoms with van der Waals surface area (Å²) in [4.78, 5) is 0. The Morgan fingerprint density at radius 3 is 2.79 bits per heavy atom. The van der Waals surface area contributed by atoms with Gasteiger partial charge in [-0.3, -0.25) is 0 Å². The Morgan fingerprint density at radius 2 is 2.21 bits per heavy atom. The van der Waals surface area contributed by atoms with Crippen molar-refractivity contribution in [2.45, 2.75) is 0 Å². The molecule has 0 saturated carbocycles. The number of rotatable bonds is 3. The molecular formula is C9H7Cl3FN. The standard InChI is InChI=1S/C9H7Cl3FN/c10-4-7(12)5-14-9-2-1-6(11)3-8(9)13/h1-4,14H,5H2/b7-4-. The molecule has 0 heterocycles. The molecule has 0 atom stereocenters. The summed E-state index contributed by atoms with van der Waals surface area (Å²) in [6.45, 7) is 0.281. The molecule has 0 aliphatic carbocycles. The van der Waals surface area contributed by atoms with Crippen LogP contribution in [0.3, 0.4) is 0 Å². The predicted octanol–water partition coefficient (Wildman–Crippen LogP) is 4.21. The number of halogens is 4. The van der Waals surface area contributed by atoms with Crippen LogP contribution in [0.25, 0.3) is 0 Å². The molecule has 14 heavy (non-hydrogen) atoms. The Balaban J connectivity index is 2.68. The molecule has 0 fully saturated rings. The van der Waals surface area contributed by atoms with E-state index in [9.17, 15) is 4.39 Å². The van der Waals surface area contributed by atoms with Gasteiger partial charge in [-0.2, -0.15) is 0 Å². The van der Waals surface area contributed by atoms with Crippen molar-refractivity contribution in [3.63, 3.8) is 0 Å². The fraction of sp³-hybridized carbons (Fsp3) is 0.111. The van der Waals surface area contributed by atoms with E-state index < -0.39 is 5.82 Å². The summed E-state index contributed by atoms with van der Waals surface area (Å²) in [6.07, 6.45) is 0. The van der Waals surface area contributed by atoms with Gasteiger partial charge in [0.05, 0.1) is 12.2 Å². The van der Waals surface area contributed by atoms with E-state index in [1.165, 1.54) is 17.7 Å². The first-order valence-electron chi connectivity index (χ1n) is 3.77. The fourth-order valence-electron chi connectivity index (χ4n) is 0.851. The normalized spacial score (nSPS) is 11.6. The van der Waals surface area contributed by atoms with Gasteiger partial charge in [0.25, 0.3) is 0 Å².